The van der Waals surface area contributed by atoms with Crippen molar-refractivity contribution >= 4 is 0 Å². The van der Waals surface area contributed by atoms with Crippen LogP contribution in [0, 0.1) is 5.82 Å². The molecule has 0 saturated heterocycles. The Balaban J connectivity index is 2.05. The van der Waals surface area contributed by atoms with Crippen LogP contribution >= 0.6 is 0 Å². The summed E-state index contributed by atoms with van der Waals surface area (Å²) in [5, 5.41) is 15.7. The van der Waals surface area contributed by atoms with E-state index in [1.54, 1.807) is 6.33 Å². The molecule has 1 heterocycles. The molecule has 3 aromatic rings. The second-order valence-corrected chi connectivity index (χ2v) is 4.02. The van der Waals surface area contributed by atoms with Crippen LogP contribution in [0.1, 0.15) is 0 Å². The average Bonchev–Trinajstić information content (AvgIpc) is 2.83. The molecule has 4 nitrogen and oxygen atoms in total. The van der Waals surface area contributed by atoms with Gasteiger partial charge in [-0.15, -0.1) is 0 Å². The van der Waals surface area contributed by atoms with Gasteiger partial charge in [-0.2, -0.15) is 0 Å². The van der Waals surface area contributed by atoms with Crippen LogP contribution in [-0.4, -0.2) is 9.78 Å². The first kappa shape index (κ1) is 11.4. The fourth-order valence-corrected chi connectivity index (χ4v) is 1.81. The first-order valence-electron chi connectivity index (χ1n) is 5.74. The number of halogens is 1. The van der Waals surface area contributed by atoms with Gasteiger partial charge in [0.25, 0.3) is 0 Å². The van der Waals surface area contributed by atoms with Crippen molar-refractivity contribution in [3.63, 3.8) is 0 Å². The summed E-state index contributed by atoms with van der Waals surface area (Å²) >= 11 is 0. The Labute approximate surface area is 109 Å². The molecule has 0 spiro atoms. The number of nitrogens with zero attached hydrogens (tertiary/aromatic N) is 3. The van der Waals surface area contributed by atoms with E-state index in [0.717, 1.165) is 5.69 Å². The Morgan fingerprint density at radius 1 is 1.00 bits per heavy atom. The van der Waals surface area contributed by atoms with Crippen LogP contribution in [0.25, 0.3) is 11.4 Å². The van der Waals surface area contributed by atoms with Crippen LogP contribution in [0.5, 0.6) is 6.01 Å². The maximum absolute atomic E-state index is 12.9. The van der Waals surface area contributed by atoms with Crippen LogP contribution in [0.15, 0.2) is 60.9 Å². The molecule has 1 aromatic heterocycles. The minimum absolute atomic E-state index is 0.341. The molecule has 0 N–H and O–H groups in total. The SMILES string of the molecule is [O-]c1nn(-c2ccccc2)c[n+]1-c1ccc(F)cc1. The van der Waals surface area contributed by atoms with E-state index in [9.17, 15) is 9.50 Å². The Kier molecular flexibility index (Phi) is 2.72. The largest absolute Gasteiger partial charge is 0.817 e. The molecule has 0 fully saturated rings. The number of aromatic nitrogens is 3. The molecule has 0 unspecified atom stereocenters. The smallest absolute Gasteiger partial charge is 0.250 e. The van der Waals surface area contributed by atoms with E-state index in [1.807, 2.05) is 30.3 Å². The zero-order chi connectivity index (χ0) is 13.2. The quantitative estimate of drug-likeness (QED) is 0.649. The lowest BCUT2D eigenvalue weighted by molar-refractivity contribution is -0.651. The summed E-state index contributed by atoms with van der Waals surface area (Å²) in [6, 6.07) is 14.6. The summed E-state index contributed by atoms with van der Waals surface area (Å²) in [5.74, 6) is -0.341. The maximum atomic E-state index is 12.9. The van der Waals surface area contributed by atoms with E-state index < -0.39 is 6.01 Å². The summed E-state index contributed by atoms with van der Waals surface area (Å²) in [6.07, 6.45) is 1.57. The Morgan fingerprint density at radius 3 is 2.37 bits per heavy atom. The fraction of sp³-hybridized carbons (Fsp3) is 0. The minimum Gasteiger partial charge on any atom is -0.817 e. The summed E-state index contributed by atoms with van der Waals surface area (Å²) < 4.78 is 15.7. The van der Waals surface area contributed by atoms with Crippen LogP contribution in [0.3, 0.4) is 0 Å². The lowest BCUT2D eigenvalue weighted by atomic mass is 10.3. The number of benzene rings is 2. The highest BCUT2D eigenvalue weighted by atomic mass is 19.1. The summed E-state index contributed by atoms with van der Waals surface area (Å²) in [6.45, 7) is 0. The topological polar surface area (TPSA) is 44.8 Å². The van der Waals surface area contributed by atoms with Crippen molar-refractivity contribution in [2.24, 2.45) is 0 Å². The maximum Gasteiger partial charge on any atom is 0.250 e. The summed E-state index contributed by atoms with van der Waals surface area (Å²) in [4.78, 5) is 0. The Hall–Kier alpha value is -2.69. The molecule has 5 heteroatoms. The minimum atomic E-state index is -0.407. The van der Waals surface area contributed by atoms with Gasteiger partial charge in [-0.1, -0.05) is 22.9 Å². The first-order valence-corrected chi connectivity index (χ1v) is 5.74. The van der Waals surface area contributed by atoms with Crippen LogP contribution in [0.2, 0.25) is 0 Å². The molecule has 19 heavy (non-hydrogen) atoms. The third-order valence-electron chi connectivity index (χ3n) is 2.75. The highest BCUT2D eigenvalue weighted by Gasteiger charge is 2.12. The monoisotopic (exact) mass is 255 g/mol. The van der Waals surface area contributed by atoms with Crippen LogP contribution in [-0.2, 0) is 0 Å². The van der Waals surface area contributed by atoms with Crippen molar-refractivity contribution in [1.82, 2.24) is 9.78 Å². The van der Waals surface area contributed by atoms with Crippen molar-refractivity contribution in [3.8, 4) is 17.4 Å². The highest BCUT2D eigenvalue weighted by molar-refractivity contribution is 5.29. The molecule has 0 saturated carbocycles. The molecule has 2 aromatic carbocycles. The molecule has 0 atom stereocenters. The van der Waals surface area contributed by atoms with E-state index in [1.165, 1.54) is 33.5 Å². The Bertz CT molecular complexity index is 692. The molecule has 94 valence electrons. The van der Waals surface area contributed by atoms with Gasteiger partial charge in [0.05, 0.1) is 0 Å². The van der Waals surface area contributed by atoms with E-state index in [0.29, 0.717) is 5.69 Å². The molecule has 0 bridgehead atoms. The number of hydrogen-bond donors (Lipinski definition) is 0. The van der Waals surface area contributed by atoms with Gasteiger partial charge in [-0.05, 0) is 36.4 Å². The van der Waals surface area contributed by atoms with Gasteiger partial charge in [0.15, 0.2) is 0 Å². The molecular weight excluding hydrogens is 245 g/mol. The second-order valence-electron chi connectivity index (χ2n) is 4.02. The van der Waals surface area contributed by atoms with Gasteiger partial charge >= 0.3 is 0 Å². The van der Waals surface area contributed by atoms with E-state index in [2.05, 4.69) is 5.10 Å². The van der Waals surface area contributed by atoms with Gasteiger partial charge < -0.3 is 5.11 Å². The molecular formula is C14H10FN3O. The lowest BCUT2D eigenvalue weighted by Crippen LogP contribution is -2.32. The normalized spacial score (nSPS) is 10.6. The van der Waals surface area contributed by atoms with Gasteiger partial charge in [0.2, 0.25) is 12.3 Å². The number of rotatable bonds is 2. The van der Waals surface area contributed by atoms with Gasteiger partial charge in [0.1, 0.15) is 17.2 Å². The van der Waals surface area contributed by atoms with Crippen molar-refractivity contribution < 1.29 is 14.1 Å². The van der Waals surface area contributed by atoms with E-state index in [-0.39, 0.29) is 5.82 Å². The third kappa shape index (κ3) is 2.18. The fourth-order valence-electron chi connectivity index (χ4n) is 1.81. The molecule has 0 radical (unpaired) electrons. The summed E-state index contributed by atoms with van der Waals surface area (Å²) in [5.41, 5.74) is 1.37. The number of hydrogen-bond acceptors (Lipinski definition) is 2. The van der Waals surface area contributed by atoms with E-state index >= 15 is 0 Å². The standard InChI is InChI=1S/C14H10FN3O/c15-11-6-8-12(9-7-11)17-10-18(16-14(17)19)13-4-2-1-3-5-13/h1-10H. The average molecular weight is 255 g/mol. The highest BCUT2D eigenvalue weighted by Crippen LogP contribution is 2.08. The molecule has 0 amide bonds. The third-order valence-corrected chi connectivity index (χ3v) is 2.75. The first-order chi connectivity index (χ1) is 9.24. The van der Waals surface area contributed by atoms with Gasteiger partial charge in [-0.3, -0.25) is 0 Å². The van der Waals surface area contributed by atoms with Crippen LogP contribution < -0.4 is 9.67 Å². The van der Waals surface area contributed by atoms with Crippen LogP contribution in [0.4, 0.5) is 4.39 Å². The van der Waals surface area contributed by atoms with Crippen molar-refractivity contribution in [1.29, 1.82) is 0 Å². The Morgan fingerprint density at radius 2 is 1.68 bits per heavy atom. The zero-order valence-electron chi connectivity index (χ0n) is 9.90. The van der Waals surface area contributed by atoms with Gasteiger partial charge in [0, 0.05) is 5.10 Å². The van der Waals surface area contributed by atoms with E-state index in [4.69, 9.17) is 0 Å². The molecule has 0 aliphatic rings. The number of para-hydroxylation sites is 1. The van der Waals surface area contributed by atoms with Crippen molar-refractivity contribution in [2.75, 3.05) is 0 Å². The molecule has 0 aliphatic carbocycles. The van der Waals surface area contributed by atoms with Crippen molar-refractivity contribution in [2.45, 2.75) is 0 Å². The van der Waals surface area contributed by atoms with Crippen molar-refractivity contribution in [3.05, 3.63) is 66.7 Å². The summed E-state index contributed by atoms with van der Waals surface area (Å²) in [7, 11) is 0. The predicted molar refractivity (Wildman–Crippen MR) is 64.5 cm³/mol. The lowest BCUT2D eigenvalue weighted by Gasteiger charge is -2.00. The molecule has 0 aliphatic heterocycles. The predicted octanol–water partition coefficient (Wildman–Crippen LogP) is 1.36. The zero-order valence-corrected chi connectivity index (χ0v) is 9.90. The van der Waals surface area contributed by atoms with Gasteiger partial charge in [-0.25, -0.2) is 8.96 Å². The molecule has 3 rings (SSSR count). The second kappa shape index (κ2) is 4.53.